The van der Waals surface area contributed by atoms with Crippen molar-refractivity contribution in [1.29, 1.82) is 0 Å². The third-order valence-corrected chi connectivity index (χ3v) is 4.59. The van der Waals surface area contributed by atoms with Crippen LogP contribution in [0.5, 0.6) is 0 Å². The van der Waals surface area contributed by atoms with Crippen LogP contribution in [0.1, 0.15) is 27.0 Å². The number of aryl methyl sites for hydroxylation is 3. The second-order valence-electron chi connectivity index (χ2n) is 6.59. The molecule has 0 aliphatic rings. The predicted octanol–water partition coefficient (Wildman–Crippen LogP) is 5.41. The highest BCUT2D eigenvalue weighted by Crippen LogP contribution is 2.33. The molecule has 0 spiro atoms. The van der Waals surface area contributed by atoms with Crippen molar-refractivity contribution in [2.45, 2.75) is 20.8 Å². The fourth-order valence-electron chi connectivity index (χ4n) is 3.33. The molecule has 0 aliphatic heterocycles. The molecule has 0 aromatic heterocycles. The number of anilines is 1. The Labute approximate surface area is 165 Å². The molecule has 3 aromatic rings. The minimum Gasteiger partial charge on any atom is -0.332 e. The molecule has 0 radical (unpaired) electrons. The van der Waals surface area contributed by atoms with Crippen LogP contribution in [0.4, 0.5) is 5.69 Å². The topological polar surface area (TPSA) is 41.1 Å². The molecule has 27 heavy (non-hydrogen) atoms. The van der Waals surface area contributed by atoms with Gasteiger partial charge in [0.25, 0.3) is 5.91 Å². The van der Waals surface area contributed by atoms with E-state index in [-0.39, 0.29) is 11.0 Å². The second kappa shape index (κ2) is 8.14. The average Bonchev–Trinajstić information content (AvgIpc) is 2.63. The normalized spacial score (nSPS) is 10.3. The maximum atomic E-state index is 12.3. The lowest BCUT2D eigenvalue weighted by Gasteiger charge is -2.17. The number of benzene rings is 3. The number of thiocarbonyl (C=S) groups is 1. The summed E-state index contributed by atoms with van der Waals surface area (Å²) in [6.07, 6.45) is 0. The average molecular weight is 375 g/mol. The third-order valence-electron chi connectivity index (χ3n) is 4.38. The lowest BCUT2D eigenvalue weighted by Crippen LogP contribution is -2.34. The summed E-state index contributed by atoms with van der Waals surface area (Å²) in [5, 5.41) is 6.20. The van der Waals surface area contributed by atoms with Crippen molar-refractivity contribution in [3.8, 4) is 11.1 Å². The summed E-state index contributed by atoms with van der Waals surface area (Å²) in [5.41, 5.74) is 7.34. The third kappa shape index (κ3) is 4.41. The Kier molecular flexibility index (Phi) is 5.67. The number of rotatable bonds is 3. The highest BCUT2D eigenvalue weighted by Gasteiger charge is 2.13. The van der Waals surface area contributed by atoms with Crippen molar-refractivity contribution >= 4 is 28.9 Å². The summed E-state index contributed by atoms with van der Waals surface area (Å²) in [7, 11) is 0. The summed E-state index contributed by atoms with van der Waals surface area (Å²) in [4.78, 5) is 12.3. The van der Waals surface area contributed by atoms with Gasteiger partial charge in [-0.1, -0.05) is 54.1 Å². The van der Waals surface area contributed by atoms with E-state index in [4.69, 9.17) is 12.2 Å². The van der Waals surface area contributed by atoms with Crippen molar-refractivity contribution < 1.29 is 4.79 Å². The molecule has 2 N–H and O–H groups in total. The van der Waals surface area contributed by atoms with Gasteiger partial charge in [0.1, 0.15) is 0 Å². The van der Waals surface area contributed by atoms with E-state index in [1.54, 1.807) is 12.1 Å². The van der Waals surface area contributed by atoms with Gasteiger partial charge >= 0.3 is 0 Å². The molecular weight excluding hydrogens is 352 g/mol. The minimum atomic E-state index is -0.228. The molecule has 0 saturated carbocycles. The maximum Gasteiger partial charge on any atom is 0.257 e. The molecule has 0 bridgehead atoms. The van der Waals surface area contributed by atoms with Crippen LogP contribution < -0.4 is 10.6 Å². The van der Waals surface area contributed by atoms with Gasteiger partial charge in [0, 0.05) is 16.8 Å². The van der Waals surface area contributed by atoms with E-state index in [9.17, 15) is 4.79 Å². The van der Waals surface area contributed by atoms with Gasteiger partial charge in [-0.05, 0) is 67.9 Å². The zero-order valence-corrected chi connectivity index (χ0v) is 16.5. The molecule has 0 saturated heterocycles. The molecular formula is C23H22N2OS. The Bertz CT molecular complexity index is 973. The summed E-state index contributed by atoms with van der Waals surface area (Å²) in [6, 6.07) is 21.4. The molecule has 0 heterocycles. The minimum absolute atomic E-state index is 0.228. The van der Waals surface area contributed by atoms with Gasteiger partial charge in [-0.3, -0.25) is 10.1 Å². The first-order valence-electron chi connectivity index (χ1n) is 8.80. The number of amides is 1. The molecule has 3 nitrogen and oxygen atoms in total. The Morgan fingerprint density at radius 3 is 2.11 bits per heavy atom. The maximum absolute atomic E-state index is 12.3. The van der Waals surface area contributed by atoms with E-state index < -0.39 is 0 Å². The fraction of sp³-hybridized carbons (Fsp3) is 0.130. The number of nitrogens with one attached hydrogen (secondary N) is 2. The predicted molar refractivity (Wildman–Crippen MR) is 116 cm³/mol. The van der Waals surface area contributed by atoms with E-state index in [2.05, 4.69) is 49.6 Å². The fourth-order valence-corrected chi connectivity index (χ4v) is 3.54. The van der Waals surface area contributed by atoms with Crippen molar-refractivity contribution in [3.05, 3.63) is 89.0 Å². The molecule has 3 rings (SSSR count). The van der Waals surface area contributed by atoms with Crippen molar-refractivity contribution in [2.75, 3.05) is 5.32 Å². The van der Waals surface area contributed by atoms with E-state index in [1.165, 1.54) is 22.3 Å². The van der Waals surface area contributed by atoms with Crippen LogP contribution in [-0.4, -0.2) is 11.0 Å². The molecule has 3 aromatic carbocycles. The molecule has 0 aliphatic carbocycles. The lowest BCUT2D eigenvalue weighted by molar-refractivity contribution is 0.0977. The Morgan fingerprint density at radius 2 is 1.44 bits per heavy atom. The standard InChI is InChI=1S/C23H22N2OS/c1-15-13-16(2)21(17(3)14-15)19-11-7-8-12-20(19)24-23(27)25-22(26)18-9-5-4-6-10-18/h4-14H,1-3H3,(H2,24,25,26,27). The van der Waals surface area contributed by atoms with E-state index >= 15 is 0 Å². The summed E-state index contributed by atoms with van der Waals surface area (Å²) < 4.78 is 0. The molecule has 0 fully saturated rings. The van der Waals surface area contributed by atoms with Crippen LogP contribution in [0, 0.1) is 20.8 Å². The van der Waals surface area contributed by atoms with Gasteiger partial charge in [0.15, 0.2) is 5.11 Å². The monoisotopic (exact) mass is 374 g/mol. The van der Waals surface area contributed by atoms with Crippen LogP contribution in [-0.2, 0) is 0 Å². The Balaban J connectivity index is 1.85. The van der Waals surface area contributed by atoms with Crippen molar-refractivity contribution in [3.63, 3.8) is 0 Å². The first-order valence-corrected chi connectivity index (χ1v) is 9.21. The smallest absolute Gasteiger partial charge is 0.257 e. The van der Waals surface area contributed by atoms with Gasteiger partial charge in [-0.25, -0.2) is 0 Å². The zero-order valence-electron chi connectivity index (χ0n) is 15.7. The molecule has 1 amide bonds. The van der Waals surface area contributed by atoms with Gasteiger partial charge < -0.3 is 5.32 Å². The van der Waals surface area contributed by atoms with Crippen LogP contribution in [0.2, 0.25) is 0 Å². The highest BCUT2D eigenvalue weighted by atomic mass is 32.1. The lowest BCUT2D eigenvalue weighted by atomic mass is 9.93. The zero-order chi connectivity index (χ0) is 19.4. The van der Waals surface area contributed by atoms with Crippen molar-refractivity contribution in [1.82, 2.24) is 5.32 Å². The second-order valence-corrected chi connectivity index (χ2v) is 7.00. The number of hydrogen-bond acceptors (Lipinski definition) is 2. The van der Waals surface area contributed by atoms with Gasteiger partial charge in [-0.2, -0.15) is 0 Å². The first kappa shape index (κ1) is 18.8. The molecule has 0 atom stereocenters. The van der Waals surface area contributed by atoms with Gasteiger partial charge in [0.2, 0.25) is 0 Å². The van der Waals surface area contributed by atoms with E-state index in [1.807, 2.05) is 36.4 Å². The quantitative estimate of drug-likeness (QED) is 0.603. The summed E-state index contributed by atoms with van der Waals surface area (Å²) in [6.45, 7) is 6.32. The molecule has 0 unspecified atom stereocenters. The van der Waals surface area contributed by atoms with E-state index in [0.29, 0.717) is 5.56 Å². The Morgan fingerprint density at radius 1 is 0.852 bits per heavy atom. The van der Waals surface area contributed by atoms with Crippen molar-refractivity contribution in [2.24, 2.45) is 0 Å². The van der Waals surface area contributed by atoms with E-state index in [0.717, 1.165) is 11.3 Å². The first-order chi connectivity index (χ1) is 13.0. The number of para-hydroxylation sites is 1. The largest absolute Gasteiger partial charge is 0.332 e. The number of carbonyl (C=O) groups is 1. The van der Waals surface area contributed by atoms with Crippen LogP contribution in [0.3, 0.4) is 0 Å². The molecule has 136 valence electrons. The Hall–Kier alpha value is -2.98. The number of hydrogen-bond donors (Lipinski definition) is 2. The SMILES string of the molecule is Cc1cc(C)c(-c2ccccc2NC(=S)NC(=O)c2ccccc2)c(C)c1. The summed E-state index contributed by atoms with van der Waals surface area (Å²) >= 11 is 5.37. The van der Waals surface area contributed by atoms with Crippen LogP contribution >= 0.6 is 12.2 Å². The molecule has 4 heteroatoms. The van der Waals surface area contributed by atoms with Crippen LogP contribution in [0.25, 0.3) is 11.1 Å². The van der Waals surface area contributed by atoms with Gasteiger partial charge in [0.05, 0.1) is 0 Å². The number of carbonyl (C=O) groups excluding carboxylic acids is 1. The highest BCUT2D eigenvalue weighted by molar-refractivity contribution is 7.80. The van der Waals surface area contributed by atoms with Gasteiger partial charge in [-0.15, -0.1) is 0 Å². The summed E-state index contributed by atoms with van der Waals surface area (Å²) in [5.74, 6) is -0.228. The van der Waals surface area contributed by atoms with Crippen LogP contribution in [0.15, 0.2) is 66.7 Å².